The van der Waals surface area contributed by atoms with Crippen molar-refractivity contribution in [2.75, 3.05) is 0 Å². The minimum Gasteiger partial charge on any atom is -0.424 e. The van der Waals surface area contributed by atoms with Gasteiger partial charge in [-0.2, -0.15) is 5.10 Å². The highest BCUT2D eigenvalue weighted by molar-refractivity contribution is 9.10. The average molecular weight is 398 g/mol. The molecule has 9 heteroatoms. The maximum Gasteiger partial charge on any atom is 0.331 e. The number of carbonyl (C=O) groups is 1. The number of carbonyl (C=O) groups excluding carboxylic acids is 1. The third kappa shape index (κ3) is 3.13. The van der Waals surface area contributed by atoms with Crippen LogP contribution in [-0.2, 0) is 18.4 Å². The fourth-order valence-electron chi connectivity index (χ4n) is 2.03. The Balaban J connectivity index is 1.83. The second-order valence-electron chi connectivity index (χ2n) is 4.73. The molecule has 3 aromatic rings. The van der Waals surface area contributed by atoms with Crippen molar-refractivity contribution >= 4 is 44.5 Å². The summed E-state index contributed by atoms with van der Waals surface area (Å²) in [6.07, 6.45) is 2.72. The summed E-state index contributed by atoms with van der Waals surface area (Å²) < 4.78 is 8.44. The Morgan fingerprint density at radius 1 is 1.43 bits per heavy atom. The number of benzene rings is 1. The van der Waals surface area contributed by atoms with Crippen LogP contribution in [0.4, 0.5) is 0 Å². The van der Waals surface area contributed by atoms with Gasteiger partial charge in [-0.3, -0.25) is 14.0 Å². The SMILES string of the molecule is Cn1ncc2c(=O)n(CC(=O)Oc3ccc(Cl)cc3Br)cnc21. The molecule has 0 fully saturated rings. The first-order chi connectivity index (χ1) is 11.0. The third-order valence-corrected chi connectivity index (χ3v) is 3.99. The molecule has 2 aromatic heterocycles. The molecule has 0 atom stereocenters. The lowest BCUT2D eigenvalue weighted by Crippen LogP contribution is -2.26. The molecule has 0 bridgehead atoms. The standard InChI is InChI=1S/C14H10BrClN4O3/c1-19-13-9(5-18-19)14(22)20(7-17-13)6-12(21)23-11-3-2-8(16)4-10(11)15/h2-5,7H,6H2,1H3. The van der Waals surface area contributed by atoms with Gasteiger partial charge in [0.15, 0.2) is 5.65 Å². The van der Waals surface area contributed by atoms with Crippen molar-refractivity contribution in [3.8, 4) is 5.75 Å². The summed E-state index contributed by atoms with van der Waals surface area (Å²) >= 11 is 9.09. The largest absolute Gasteiger partial charge is 0.424 e. The first kappa shape index (κ1) is 15.7. The van der Waals surface area contributed by atoms with E-state index < -0.39 is 5.97 Å². The highest BCUT2D eigenvalue weighted by Crippen LogP contribution is 2.28. The van der Waals surface area contributed by atoms with Crippen LogP contribution in [0.2, 0.25) is 5.02 Å². The number of halogens is 2. The molecule has 0 N–H and O–H groups in total. The van der Waals surface area contributed by atoms with Crippen LogP contribution in [-0.4, -0.2) is 25.3 Å². The predicted octanol–water partition coefficient (Wildman–Crippen LogP) is 2.15. The van der Waals surface area contributed by atoms with E-state index in [1.165, 1.54) is 21.8 Å². The van der Waals surface area contributed by atoms with E-state index in [1.54, 1.807) is 25.2 Å². The molecule has 23 heavy (non-hydrogen) atoms. The second kappa shape index (κ2) is 6.13. The minimum atomic E-state index is -0.597. The van der Waals surface area contributed by atoms with Gasteiger partial charge in [-0.05, 0) is 34.1 Å². The molecular formula is C14H10BrClN4O3. The van der Waals surface area contributed by atoms with Crippen molar-refractivity contribution in [2.45, 2.75) is 6.54 Å². The van der Waals surface area contributed by atoms with E-state index >= 15 is 0 Å². The molecule has 0 aliphatic heterocycles. The van der Waals surface area contributed by atoms with Gasteiger partial charge < -0.3 is 4.74 Å². The second-order valence-corrected chi connectivity index (χ2v) is 6.02. The van der Waals surface area contributed by atoms with Crippen molar-refractivity contribution < 1.29 is 9.53 Å². The van der Waals surface area contributed by atoms with Crippen molar-refractivity contribution in [2.24, 2.45) is 7.05 Å². The molecule has 0 saturated heterocycles. The van der Waals surface area contributed by atoms with Gasteiger partial charge in [0.2, 0.25) is 0 Å². The molecule has 0 spiro atoms. The summed E-state index contributed by atoms with van der Waals surface area (Å²) in [5, 5.41) is 4.83. The molecule has 0 amide bonds. The van der Waals surface area contributed by atoms with Crippen molar-refractivity contribution in [1.29, 1.82) is 0 Å². The molecule has 0 aliphatic rings. The van der Waals surface area contributed by atoms with Crippen LogP contribution >= 0.6 is 27.5 Å². The summed E-state index contributed by atoms with van der Waals surface area (Å²) in [6, 6.07) is 4.78. The number of hydrogen-bond donors (Lipinski definition) is 0. The Morgan fingerprint density at radius 2 is 2.22 bits per heavy atom. The summed E-state index contributed by atoms with van der Waals surface area (Å²) in [4.78, 5) is 28.4. The fraction of sp³-hybridized carbons (Fsp3) is 0.143. The van der Waals surface area contributed by atoms with Crippen LogP contribution in [0.5, 0.6) is 5.75 Å². The van der Waals surface area contributed by atoms with Gasteiger partial charge in [0, 0.05) is 12.1 Å². The zero-order chi connectivity index (χ0) is 16.6. The van der Waals surface area contributed by atoms with E-state index in [1.807, 2.05) is 0 Å². The van der Waals surface area contributed by atoms with Crippen molar-refractivity contribution in [3.05, 3.63) is 50.6 Å². The maximum absolute atomic E-state index is 12.3. The van der Waals surface area contributed by atoms with Gasteiger partial charge in [0.05, 0.1) is 10.7 Å². The van der Waals surface area contributed by atoms with Gasteiger partial charge in [-0.25, -0.2) is 9.78 Å². The van der Waals surface area contributed by atoms with Crippen molar-refractivity contribution in [1.82, 2.24) is 19.3 Å². The Bertz CT molecular complexity index is 966. The Kier molecular flexibility index (Phi) is 4.18. The lowest BCUT2D eigenvalue weighted by molar-refractivity contribution is -0.135. The van der Waals surface area contributed by atoms with E-state index in [-0.39, 0.29) is 12.1 Å². The van der Waals surface area contributed by atoms with Crippen LogP contribution in [0.25, 0.3) is 11.0 Å². The Morgan fingerprint density at radius 3 is 2.96 bits per heavy atom. The van der Waals surface area contributed by atoms with Crippen molar-refractivity contribution in [3.63, 3.8) is 0 Å². The zero-order valence-corrected chi connectivity index (χ0v) is 14.2. The number of aromatic nitrogens is 4. The number of rotatable bonds is 3. The number of hydrogen-bond acceptors (Lipinski definition) is 5. The Labute approximate surface area is 143 Å². The first-order valence-electron chi connectivity index (χ1n) is 6.48. The number of esters is 1. The fourth-order valence-corrected chi connectivity index (χ4v) is 2.79. The summed E-state index contributed by atoms with van der Waals surface area (Å²) in [5.74, 6) is -0.275. The van der Waals surface area contributed by atoms with Gasteiger partial charge in [0.1, 0.15) is 24.0 Å². The molecule has 0 radical (unpaired) electrons. The van der Waals surface area contributed by atoms with E-state index in [9.17, 15) is 9.59 Å². The minimum absolute atomic E-state index is 0.258. The smallest absolute Gasteiger partial charge is 0.331 e. The quantitative estimate of drug-likeness (QED) is 0.500. The molecule has 0 unspecified atom stereocenters. The summed E-state index contributed by atoms with van der Waals surface area (Å²) in [7, 11) is 1.69. The highest BCUT2D eigenvalue weighted by Gasteiger charge is 2.13. The molecule has 7 nitrogen and oxygen atoms in total. The summed E-state index contributed by atoms with van der Waals surface area (Å²) in [6.45, 7) is -0.258. The first-order valence-corrected chi connectivity index (χ1v) is 7.65. The maximum atomic E-state index is 12.3. The lowest BCUT2D eigenvalue weighted by Gasteiger charge is -2.08. The average Bonchev–Trinajstić information content (AvgIpc) is 2.87. The van der Waals surface area contributed by atoms with E-state index in [4.69, 9.17) is 16.3 Å². The third-order valence-electron chi connectivity index (χ3n) is 3.14. The lowest BCUT2D eigenvalue weighted by atomic mass is 10.3. The summed E-state index contributed by atoms with van der Waals surface area (Å²) in [5.41, 5.74) is 0.107. The molecule has 1 aromatic carbocycles. The molecule has 0 saturated carbocycles. The molecule has 2 heterocycles. The van der Waals surface area contributed by atoms with Gasteiger partial charge in [-0.15, -0.1) is 0 Å². The number of ether oxygens (including phenoxy) is 1. The van der Waals surface area contributed by atoms with E-state index in [0.29, 0.717) is 26.3 Å². The number of fused-ring (bicyclic) bond motifs is 1. The van der Waals surface area contributed by atoms with Crippen LogP contribution in [0.1, 0.15) is 0 Å². The Hall–Kier alpha value is -2.19. The predicted molar refractivity (Wildman–Crippen MR) is 87.6 cm³/mol. The van der Waals surface area contributed by atoms with Crippen LogP contribution in [0, 0.1) is 0 Å². The van der Waals surface area contributed by atoms with Gasteiger partial charge in [0.25, 0.3) is 5.56 Å². The number of aryl methyl sites for hydroxylation is 1. The molecule has 0 aliphatic carbocycles. The van der Waals surface area contributed by atoms with Crippen LogP contribution in [0.3, 0.4) is 0 Å². The molecule has 3 rings (SSSR count). The molecular weight excluding hydrogens is 388 g/mol. The topological polar surface area (TPSA) is 79.0 Å². The van der Waals surface area contributed by atoms with E-state index in [0.717, 1.165) is 0 Å². The van der Waals surface area contributed by atoms with Crippen LogP contribution < -0.4 is 10.3 Å². The van der Waals surface area contributed by atoms with Gasteiger partial charge in [-0.1, -0.05) is 11.6 Å². The van der Waals surface area contributed by atoms with Gasteiger partial charge >= 0.3 is 5.97 Å². The molecule has 118 valence electrons. The monoisotopic (exact) mass is 396 g/mol. The van der Waals surface area contributed by atoms with Crippen LogP contribution in [0.15, 0.2) is 40.0 Å². The zero-order valence-electron chi connectivity index (χ0n) is 11.9. The normalized spacial score (nSPS) is 10.9. The number of nitrogens with zero attached hydrogens (tertiary/aromatic N) is 4. The highest BCUT2D eigenvalue weighted by atomic mass is 79.9. The van der Waals surface area contributed by atoms with E-state index in [2.05, 4.69) is 26.0 Å².